The number of carbonyl (C=O) groups excluding carboxylic acids is 1. The minimum Gasteiger partial charge on any atom is -0.481 e. The van der Waals surface area contributed by atoms with Crippen molar-refractivity contribution < 1.29 is 19.4 Å². The predicted octanol–water partition coefficient (Wildman–Crippen LogP) is 4.14. The van der Waals surface area contributed by atoms with Crippen LogP contribution in [0.2, 0.25) is 0 Å². The van der Waals surface area contributed by atoms with Gasteiger partial charge in [-0.05, 0) is 34.4 Å². The molecule has 1 aromatic heterocycles. The van der Waals surface area contributed by atoms with Crippen LogP contribution in [0.3, 0.4) is 0 Å². The van der Waals surface area contributed by atoms with Gasteiger partial charge < -0.3 is 15.2 Å². The van der Waals surface area contributed by atoms with Crippen LogP contribution < -0.4 is 5.32 Å². The Balaban J connectivity index is 1.47. The second-order valence-electron chi connectivity index (χ2n) is 6.87. The molecular weight excluding hydrogens is 368 g/mol. The number of hydrogen-bond donors (Lipinski definition) is 2. The highest BCUT2D eigenvalue weighted by molar-refractivity contribution is 5.79. The fraction of sp³-hybridized carbons (Fsp3) is 0.174. The molecule has 0 saturated heterocycles. The molecule has 0 spiro atoms. The molecule has 4 rings (SSSR count). The van der Waals surface area contributed by atoms with Crippen molar-refractivity contribution in [3.63, 3.8) is 0 Å². The Kier molecular flexibility index (Phi) is 5.24. The summed E-state index contributed by atoms with van der Waals surface area (Å²) in [7, 11) is 0. The van der Waals surface area contributed by atoms with Crippen LogP contribution in [0.1, 0.15) is 35.2 Å². The van der Waals surface area contributed by atoms with Crippen LogP contribution in [0.4, 0.5) is 4.79 Å². The van der Waals surface area contributed by atoms with Gasteiger partial charge in [0.15, 0.2) is 0 Å². The molecule has 0 saturated carbocycles. The van der Waals surface area contributed by atoms with Crippen molar-refractivity contribution in [3.8, 4) is 11.1 Å². The van der Waals surface area contributed by atoms with Crippen LogP contribution in [-0.2, 0) is 9.53 Å². The summed E-state index contributed by atoms with van der Waals surface area (Å²) in [4.78, 5) is 27.8. The summed E-state index contributed by atoms with van der Waals surface area (Å²) in [5.74, 6) is -1.08. The average molecular weight is 388 g/mol. The SMILES string of the molecule is O=C(O)C[C@H](NC(=O)OCC1c2ccccc2-c2ccccc21)c1ccccn1. The summed E-state index contributed by atoms with van der Waals surface area (Å²) >= 11 is 0. The maximum absolute atomic E-state index is 12.4. The Labute approximate surface area is 168 Å². The van der Waals surface area contributed by atoms with Crippen LogP contribution in [0.5, 0.6) is 0 Å². The highest BCUT2D eigenvalue weighted by Crippen LogP contribution is 2.44. The molecule has 0 fully saturated rings. The van der Waals surface area contributed by atoms with Crippen molar-refractivity contribution in [1.29, 1.82) is 0 Å². The lowest BCUT2D eigenvalue weighted by Crippen LogP contribution is -2.32. The molecule has 0 radical (unpaired) electrons. The molecule has 146 valence electrons. The molecule has 2 N–H and O–H groups in total. The zero-order valence-corrected chi connectivity index (χ0v) is 15.6. The lowest BCUT2D eigenvalue weighted by molar-refractivity contribution is -0.137. The number of aliphatic carboxylic acids is 1. The molecule has 1 aliphatic carbocycles. The molecule has 3 aromatic rings. The van der Waals surface area contributed by atoms with Crippen molar-refractivity contribution in [2.45, 2.75) is 18.4 Å². The van der Waals surface area contributed by atoms with Crippen LogP contribution in [-0.4, -0.2) is 28.8 Å². The Morgan fingerprint density at radius 3 is 2.17 bits per heavy atom. The Morgan fingerprint density at radius 2 is 1.59 bits per heavy atom. The molecule has 1 atom stereocenters. The molecule has 6 nitrogen and oxygen atoms in total. The lowest BCUT2D eigenvalue weighted by Gasteiger charge is -2.18. The molecule has 0 bridgehead atoms. The minimum absolute atomic E-state index is 0.0547. The van der Waals surface area contributed by atoms with E-state index in [4.69, 9.17) is 9.84 Å². The molecule has 1 amide bonds. The van der Waals surface area contributed by atoms with Crippen LogP contribution >= 0.6 is 0 Å². The third-order valence-corrected chi connectivity index (χ3v) is 5.06. The number of aromatic nitrogens is 1. The van der Waals surface area contributed by atoms with Crippen LogP contribution in [0.25, 0.3) is 11.1 Å². The quantitative estimate of drug-likeness (QED) is 0.663. The Hall–Kier alpha value is -3.67. The fourth-order valence-corrected chi connectivity index (χ4v) is 3.77. The monoisotopic (exact) mass is 388 g/mol. The van der Waals surface area contributed by atoms with E-state index in [1.807, 2.05) is 36.4 Å². The number of nitrogens with zero attached hydrogens (tertiary/aromatic N) is 1. The highest BCUT2D eigenvalue weighted by Gasteiger charge is 2.29. The van der Waals surface area contributed by atoms with Gasteiger partial charge in [0.05, 0.1) is 18.2 Å². The first-order chi connectivity index (χ1) is 14.1. The predicted molar refractivity (Wildman–Crippen MR) is 107 cm³/mol. The second kappa shape index (κ2) is 8.14. The van der Waals surface area contributed by atoms with Gasteiger partial charge in [0.1, 0.15) is 6.61 Å². The number of hydrogen-bond acceptors (Lipinski definition) is 4. The van der Waals surface area contributed by atoms with E-state index in [9.17, 15) is 9.59 Å². The normalized spacial score (nSPS) is 13.2. The smallest absolute Gasteiger partial charge is 0.407 e. The number of carboxylic acid groups (broad SMARTS) is 1. The average Bonchev–Trinajstić information content (AvgIpc) is 3.06. The Morgan fingerprint density at radius 1 is 0.966 bits per heavy atom. The molecule has 0 unspecified atom stereocenters. The number of fused-ring (bicyclic) bond motifs is 3. The van der Waals surface area contributed by atoms with E-state index in [0.29, 0.717) is 5.69 Å². The third kappa shape index (κ3) is 3.96. The summed E-state index contributed by atoms with van der Waals surface area (Å²) in [5, 5.41) is 11.8. The number of rotatable bonds is 6. The van der Waals surface area contributed by atoms with Gasteiger partial charge in [0.25, 0.3) is 0 Å². The maximum Gasteiger partial charge on any atom is 0.407 e. The highest BCUT2D eigenvalue weighted by atomic mass is 16.5. The number of nitrogens with one attached hydrogen (secondary N) is 1. The van der Waals surface area contributed by atoms with Crippen molar-refractivity contribution in [3.05, 3.63) is 89.7 Å². The number of carbonyl (C=O) groups is 2. The molecule has 1 aliphatic rings. The molecular formula is C23H20N2O4. The number of ether oxygens (including phenoxy) is 1. The number of carboxylic acids is 1. The number of alkyl carbamates (subject to hydrolysis) is 1. The molecule has 29 heavy (non-hydrogen) atoms. The molecule has 1 heterocycles. The number of benzene rings is 2. The summed E-state index contributed by atoms with van der Waals surface area (Å²) in [6.07, 6.45) is 0.619. The van der Waals surface area contributed by atoms with Gasteiger partial charge in [-0.3, -0.25) is 9.78 Å². The third-order valence-electron chi connectivity index (χ3n) is 5.06. The van der Waals surface area contributed by atoms with Gasteiger partial charge >= 0.3 is 12.1 Å². The number of amides is 1. The lowest BCUT2D eigenvalue weighted by atomic mass is 9.98. The molecule has 2 aromatic carbocycles. The largest absolute Gasteiger partial charge is 0.481 e. The number of pyridine rings is 1. The van der Waals surface area contributed by atoms with Crippen LogP contribution in [0.15, 0.2) is 72.9 Å². The van der Waals surface area contributed by atoms with E-state index < -0.39 is 18.1 Å². The van der Waals surface area contributed by atoms with Crippen molar-refractivity contribution >= 4 is 12.1 Å². The van der Waals surface area contributed by atoms with E-state index in [-0.39, 0.29) is 18.9 Å². The van der Waals surface area contributed by atoms with E-state index >= 15 is 0 Å². The standard InChI is InChI=1S/C23H20N2O4/c26-22(27)13-21(20-11-5-6-12-24-20)25-23(28)29-14-19-17-9-3-1-7-15(17)16-8-2-4-10-18(16)19/h1-12,19,21H,13-14H2,(H,25,28)(H,26,27)/t21-/m0/s1. The van der Waals surface area contributed by atoms with E-state index in [2.05, 4.69) is 22.4 Å². The minimum atomic E-state index is -1.03. The zero-order chi connectivity index (χ0) is 20.2. The van der Waals surface area contributed by atoms with E-state index in [0.717, 1.165) is 22.3 Å². The first kappa shape index (κ1) is 18.7. The van der Waals surface area contributed by atoms with Crippen molar-refractivity contribution in [1.82, 2.24) is 10.3 Å². The fourth-order valence-electron chi connectivity index (χ4n) is 3.77. The van der Waals surface area contributed by atoms with Gasteiger partial charge in [-0.2, -0.15) is 0 Å². The summed E-state index contributed by atoms with van der Waals surface area (Å²) in [5.41, 5.74) is 5.01. The second-order valence-corrected chi connectivity index (χ2v) is 6.87. The van der Waals surface area contributed by atoms with Gasteiger partial charge in [0, 0.05) is 12.1 Å². The van der Waals surface area contributed by atoms with Gasteiger partial charge in [0.2, 0.25) is 0 Å². The Bertz CT molecular complexity index is 990. The first-order valence-corrected chi connectivity index (χ1v) is 9.37. The van der Waals surface area contributed by atoms with Gasteiger partial charge in [-0.1, -0.05) is 54.6 Å². The maximum atomic E-state index is 12.4. The van der Waals surface area contributed by atoms with Crippen molar-refractivity contribution in [2.24, 2.45) is 0 Å². The molecule has 6 heteroatoms. The molecule has 0 aliphatic heterocycles. The summed E-state index contributed by atoms with van der Waals surface area (Å²) in [6.45, 7) is 0.169. The van der Waals surface area contributed by atoms with E-state index in [1.165, 1.54) is 0 Å². The first-order valence-electron chi connectivity index (χ1n) is 9.37. The summed E-state index contributed by atoms with van der Waals surface area (Å²) in [6, 6.07) is 20.6. The van der Waals surface area contributed by atoms with Crippen molar-refractivity contribution in [2.75, 3.05) is 6.61 Å². The topological polar surface area (TPSA) is 88.5 Å². The van der Waals surface area contributed by atoms with Gasteiger partial charge in [-0.25, -0.2) is 4.79 Å². The van der Waals surface area contributed by atoms with E-state index in [1.54, 1.807) is 24.4 Å². The van der Waals surface area contributed by atoms with Gasteiger partial charge in [-0.15, -0.1) is 0 Å². The van der Waals surface area contributed by atoms with Crippen LogP contribution in [0, 0.1) is 0 Å². The zero-order valence-electron chi connectivity index (χ0n) is 15.6. The summed E-state index contributed by atoms with van der Waals surface area (Å²) < 4.78 is 5.50.